The summed E-state index contributed by atoms with van der Waals surface area (Å²) in [6, 6.07) is 9.95. The predicted octanol–water partition coefficient (Wildman–Crippen LogP) is 2.92. The summed E-state index contributed by atoms with van der Waals surface area (Å²) in [4.78, 5) is 1.93. The smallest absolute Gasteiger partial charge is 0.103 e. The van der Waals surface area contributed by atoms with Gasteiger partial charge in [-0.25, -0.2) is 0 Å². The fourth-order valence-corrected chi connectivity index (χ4v) is 1.94. The third-order valence-electron chi connectivity index (χ3n) is 2.28. The molecule has 1 unspecified atom stereocenters. The number of nitriles is 2. The van der Waals surface area contributed by atoms with E-state index in [1.165, 1.54) is 0 Å². The van der Waals surface area contributed by atoms with E-state index in [9.17, 15) is 0 Å². The molecular weight excluding hydrogens is 266 g/mol. The normalized spacial score (nSPS) is 11.3. The number of hydrogen-bond acceptors (Lipinski definition) is 3. The Morgan fingerprint density at radius 3 is 2.69 bits per heavy atom. The Morgan fingerprint density at radius 2 is 2.12 bits per heavy atom. The second-order valence-corrected chi connectivity index (χ2v) is 4.51. The van der Waals surface area contributed by atoms with E-state index in [1.54, 1.807) is 0 Å². The lowest BCUT2D eigenvalue weighted by molar-refractivity contribution is 0.716. The Morgan fingerprint density at radius 1 is 1.44 bits per heavy atom. The lowest BCUT2D eigenvalue weighted by atomic mass is 10.1. The summed E-state index contributed by atoms with van der Waals surface area (Å²) in [6.45, 7) is 2.47. The Bertz CT molecular complexity index is 456. The number of halogens is 1. The maximum absolute atomic E-state index is 9.07. The minimum atomic E-state index is -0.0597. The van der Waals surface area contributed by atoms with Crippen molar-refractivity contribution in [2.45, 2.75) is 6.92 Å². The molecule has 0 aromatic heterocycles. The van der Waals surface area contributed by atoms with Gasteiger partial charge >= 0.3 is 0 Å². The maximum atomic E-state index is 9.07. The molecular formula is C12H12BrN3. The number of hydrogen-bond donors (Lipinski definition) is 0. The van der Waals surface area contributed by atoms with E-state index in [0.29, 0.717) is 12.1 Å². The van der Waals surface area contributed by atoms with Crippen LogP contribution in [0, 0.1) is 28.6 Å². The van der Waals surface area contributed by atoms with Crippen LogP contribution in [0.4, 0.5) is 5.69 Å². The van der Waals surface area contributed by atoms with Crippen molar-refractivity contribution in [1.29, 1.82) is 10.5 Å². The molecule has 0 heterocycles. The monoisotopic (exact) mass is 277 g/mol. The van der Waals surface area contributed by atoms with Crippen LogP contribution in [0.3, 0.4) is 0 Å². The van der Waals surface area contributed by atoms with E-state index in [0.717, 1.165) is 10.2 Å². The molecule has 0 amide bonds. The summed E-state index contributed by atoms with van der Waals surface area (Å²) in [7, 11) is 1.89. The number of benzene rings is 1. The predicted molar refractivity (Wildman–Crippen MR) is 66.9 cm³/mol. The Labute approximate surface area is 104 Å². The van der Waals surface area contributed by atoms with Gasteiger partial charge in [-0.05, 0) is 35.0 Å². The molecule has 1 atom stereocenters. The van der Waals surface area contributed by atoms with Crippen molar-refractivity contribution in [1.82, 2.24) is 0 Å². The van der Waals surface area contributed by atoms with Crippen molar-refractivity contribution in [3.05, 3.63) is 28.2 Å². The van der Waals surface area contributed by atoms with Gasteiger partial charge in [-0.15, -0.1) is 0 Å². The second kappa shape index (κ2) is 5.53. The van der Waals surface area contributed by atoms with Crippen LogP contribution in [0.25, 0.3) is 0 Å². The van der Waals surface area contributed by atoms with Crippen LogP contribution in [-0.4, -0.2) is 13.6 Å². The molecule has 0 aliphatic carbocycles. The van der Waals surface area contributed by atoms with Crippen LogP contribution in [0.1, 0.15) is 12.5 Å². The van der Waals surface area contributed by atoms with E-state index >= 15 is 0 Å². The highest BCUT2D eigenvalue weighted by Gasteiger charge is 2.12. The van der Waals surface area contributed by atoms with Crippen molar-refractivity contribution in [3.8, 4) is 12.1 Å². The molecule has 0 aliphatic rings. The molecule has 0 fully saturated rings. The summed E-state index contributed by atoms with van der Waals surface area (Å²) in [5, 5.41) is 17.8. The Kier molecular flexibility index (Phi) is 4.34. The molecule has 0 saturated heterocycles. The van der Waals surface area contributed by atoms with Crippen molar-refractivity contribution in [2.24, 2.45) is 5.92 Å². The van der Waals surface area contributed by atoms with Gasteiger partial charge in [-0.1, -0.05) is 6.07 Å². The zero-order valence-corrected chi connectivity index (χ0v) is 10.8. The maximum Gasteiger partial charge on any atom is 0.103 e. The summed E-state index contributed by atoms with van der Waals surface area (Å²) in [5.74, 6) is -0.0597. The number of rotatable bonds is 3. The molecule has 0 bridgehead atoms. The van der Waals surface area contributed by atoms with Gasteiger partial charge in [-0.2, -0.15) is 10.5 Å². The molecule has 0 spiro atoms. The second-order valence-electron chi connectivity index (χ2n) is 3.66. The summed E-state index contributed by atoms with van der Waals surface area (Å²) < 4.78 is 0.781. The van der Waals surface area contributed by atoms with E-state index in [4.69, 9.17) is 10.5 Å². The first-order valence-corrected chi connectivity index (χ1v) is 5.68. The first-order chi connectivity index (χ1) is 7.60. The molecule has 1 aromatic carbocycles. The standard InChI is InChI=1S/C12H12BrN3/c1-9(6-14)8-16(2)12-5-3-4-11(13)10(12)7-15/h3-5,9H,8H2,1-2H3. The highest BCUT2D eigenvalue weighted by molar-refractivity contribution is 9.10. The topological polar surface area (TPSA) is 50.8 Å². The van der Waals surface area contributed by atoms with Crippen molar-refractivity contribution in [2.75, 3.05) is 18.5 Å². The minimum absolute atomic E-state index is 0.0597. The Hall–Kier alpha value is -1.52. The third-order valence-corrected chi connectivity index (χ3v) is 2.94. The quantitative estimate of drug-likeness (QED) is 0.854. The van der Waals surface area contributed by atoms with Gasteiger partial charge < -0.3 is 4.90 Å². The van der Waals surface area contributed by atoms with Crippen molar-refractivity contribution >= 4 is 21.6 Å². The molecule has 16 heavy (non-hydrogen) atoms. The van der Waals surface area contributed by atoms with Crippen molar-refractivity contribution < 1.29 is 0 Å². The van der Waals surface area contributed by atoms with Gasteiger partial charge in [0.1, 0.15) is 6.07 Å². The third kappa shape index (κ3) is 2.74. The van der Waals surface area contributed by atoms with Crippen LogP contribution in [-0.2, 0) is 0 Å². The highest BCUT2D eigenvalue weighted by Crippen LogP contribution is 2.26. The fourth-order valence-electron chi connectivity index (χ4n) is 1.49. The van der Waals surface area contributed by atoms with E-state index in [2.05, 4.69) is 28.1 Å². The largest absolute Gasteiger partial charge is 0.372 e. The highest BCUT2D eigenvalue weighted by atomic mass is 79.9. The van der Waals surface area contributed by atoms with Gasteiger partial charge in [0.15, 0.2) is 0 Å². The summed E-state index contributed by atoms with van der Waals surface area (Å²) in [5.41, 5.74) is 1.45. The number of nitrogens with zero attached hydrogens (tertiary/aromatic N) is 3. The van der Waals surface area contributed by atoms with Crippen molar-refractivity contribution in [3.63, 3.8) is 0 Å². The molecule has 0 saturated carbocycles. The fraction of sp³-hybridized carbons (Fsp3) is 0.333. The molecule has 0 aliphatic heterocycles. The zero-order chi connectivity index (χ0) is 12.1. The van der Waals surface area contributed by atoms with Crippen LogP contribution in [0.5, 0.6) is 0 Å². The van der Waals surface area contributed by atoms with Crippen LogP contribution in [0.15, 0.2) is 22.7 Å². The van der Waals surface area contributed by atoms with Gasteiger partial charge in [0.2, 0.25) is 0 Å². The lowest BCUT2D eigenvalue weighted by Gasteiger charge is -2.21. The van der Waals surface area contributed by atoms with E-state index in [1.807, 2.05) is 37.1 Å². The average Bonchev–Trinajstić information content (AvgIpc) is 2.28. The van der Waals surface area contributed by atoms with Gasteiger partial charge in [-0.3, -0.25) is 0 Å². The molecule has 1 rings (SSSR count). The molecule has 82 valence electrons. The van der Waals surface area contributed by atoms with E-state index < -0.39 is 0 Å². The average molecular weight is 278 g/mol. The zero-order valence-electron chi connectivity index (χ0n) is 9.24. The van der Waals surface area contributed by atoms with Crippen LogP contribution >= 0.6 is 15.9 Å². The summed E-state index contributed by atoms with van der Waals surface area (Å²) in [6.07, 6.45) is 0. The first kappa shape index (κ1) is 12.5. The molecule has 0 N–H and O–H groups in total. The Balaban J connectivity index is 3.01. The van der Waals surface area contributed by atoms with Gasteiger partial charge in [0.25, 0.3) is 0 Å². The van der Waals surface area contributed by atoms with E-state index in [-0.39, 0.29) is 5.92 Å². The molecule has 1 aromatic rings. The van der Waals surface area contributed by atoms with Gasteiger partial charge in [0, 0.05) is 18.1 Å². The number of anilines is 1. The van der Waals surface area contributed by atoms with Crippen LogP contribution < -0.4 is 4.90 Å². The lowest BCUT2D eigenvalue weighted by Crippen LogP contribution is -2.24. The minimum Gasteiger partial charge on any atom is -0.372 e. The van der Waals surface area contributed by atoms with Crippen LogP contribution in [0.2, 0.25) is 0 Å². The molecule has 4 heteroatoms. The van der Waals surface area contributed by atoms with Gasteiger partial charge in [0.05, 0.1) is 23.2 Å². The first-order valence-electron chi connectivity index (χ1n) is 4.89. The SMILES string of the molecule is CC(C#N)CN(C)c1cccc(Br)c1C#N. The summed E-state index contributed by atoms with van der Waals surface area (Å²) >= 11 is 3.34. The molecule has 0 radical (unpaired) electrons. The molecule has 3 nitrogen and oxygen atoms in total.